The lowest BCUT2D eigenvalue weighted by molar-refractivity contribution is 0.0455. The number of sulfonamides is 1. The summed E-state index contributed by atoms with van der Waals surface area (Å²) in [5.74, 6) is 0.0766. The van der Waals surface area contributed by atoms with Crippen LogP contribution < -0.4 is 14.4 Å². The first-order valence-electron chi connectivity index (χ1n) is 16.2. The number of aryl methyl sites for hydroxylation is 1. The summed E-state index contributed by atoms with van der Waals surface area (Å²) in [6, 6.07) is 11.4. The van der Waals surface area contributed by atoms with Gasteiger partial charge in [-0.3, -0.25) is 4.79 Å². The van der Waals surface area contributed by atoms with Gasteiger partial charge in [0.15, 0.2) is 0 Å². The lowest BCUT2D eigenvalue weighted by atomic mass is 9.68. The van der Waals surface area contributed by atoms with Gasteiger partial charge >= 0.3 is 0 Å². The van der Waals surface area contributed by atoms with Gasteiger partial charge in [-0.2, -0.15) is 0 Å². The second kappa shape index (κ2) is 12.9. The molecule has 2 bridgehead atoms. The number of hydrogen-bond acceptors (Lipinski definition) is 7. The number of amides is 1. The smallest absolute Gasteiger partial charge is 0.264 e. The highest BCUT2D eigenvalue weighted by atomic mass is 35.5. The van der Waals surface area contributed by atoms with E-state index >= 15 is 0 Å². The first-order chi connectivity index (χ1) is 21.5. The third-order valence-corrected chi connectivity index (χ3v) is 12.9. The maximum atomic E-state index is 13.7. The molecule has 2 N–H and O–H groups in total. The number of hydrogen-bond donors (Lipinski definition) is 2. The Labute approximate surface area is 272 Å². The number of carbonyl (C=O) groups is 1. The van der Waals surface area contributed by atoms with Gasteiger partial charge in [0.1, 0.15) is 5.75 Å². The summed E-state index contributed by atoms with van der Waals surface area (Å²) in [7, 11) is -2.51. The van der Waals surface area contributed by atoms with Crippen molar-refractivity contribution in [1.29, 1.82) is 0 Å². The standard InChI is InChI=1S/C35H45ClN2O6S/c1-22-6-4-8-31(39)28-12-9-26(28)19-38-20-35(15-5-7-24-17-27(36)11-13-29(24)35)21-44-32-14-10-25(18-30(32)38)34(40)37-45(41,42)33(22)16-23(2)43-3/h4,8,10-11,13-14,17-18,22-23,26,28,31,33,39H,5-7,9,12,15-16,19-21H2,1-3H3,(H,37,40)/b8-4-/t22-,23+,26-,28+,31-,33+,35-/m0/s1. The number of aliphatic hydroxyl groups excluding tert-OH is 1. The third kappa shape index (κ3) is 6.51. The van der Waals surface area contributed by atoms with Gasteiger partial charge in [0.2, 0.25) is 10.0 Å². The monoisotopic (exact) mass is 656 g/mol. The average molecular weight is 657 g/mol. The van der Waals surface area contributed by atoms with Gasteiger partial charge in [0, 0.05) is 36.2 Å². The summed E-state index contributed by atoms with van der Waals surface area (Å²) in [5.41, 5.74) is 3.26. The van der Waals surface area contributed by atoms with Gasteiger partial charge in [0.25, 0.3) is 5.91 Å². The number of halogens is 1. The summed E-state index contributed by atoms with van der Waals surface area (Å²) in [6.45, 7) is 5.57. The van der Waals surface area contributed by atoms with Crippen LogP contribution in [0.1, 0.15) is 73.9 Å². The second-order valence-corrected chi connectivity index (χ2v) is 16.1. The molecule has 0 radical (unpaired) electrons. The molecule has 45 heavy (non-hydrogen) atoms. The Morgan fingerprint density at radius 2 is 2.04 bits per heavy atom. The third-order valence-electron chi connectivity index (χ3n) is 10.7. The molecule has 0 saturated heterocycles. The zero-order valence-electron chi connectivity index (χ0n) is 26.4. The van der Waals surface area contributed by atoms with Crippen molar-refractivity contribution in [2.75, 3.05) is 31.7 Å². The summed E-state index contributed by atoms with van der Waals surface area (Å²) >= 11 is 6.40. The molecule has 2 aromatic carbocycles. The van der Waals surface area contributed by atoms with Crippen molar-refractivity contribution >= 4 is 33.2 Å². The van der Waals surface area contributed by atoms with Crippen molar-refractivity contribution in [1.82, 2.24) is 4.72 Å². The largest absolute Gasteiger partial charge is 0.490 e. The highest BCUT2D eigenvalue weighted by Crippen LogP contribution is 2.46. The Kier molecular flexibility index (Phi) is 9.27. The summed E-state index contributed by atoms with van der Waals surface area (Å²) in [6.07, 6.45) is 8.38. The molecule has 2 aliphatic heterocycles. The van der Waals surface area contributed by atoms with Crippen molar-refractivity contribution in [3.8, 4) is 5.75 Å². The molecule has 8 nitrogen and oxygen atoms in total. The van der Waals surface area contributed by atoms with Gasteiger partial charge in [0.05, 0.1) is 29.8 Å². The van der Waals surface area contributed by atoms with Gasteiger partial charge in [-0.15, -0.1) is 0 Å². The van der Waals surface area contributed by atoms with E-state index in [2.05, 4.69) is 21.8 Å². The van der Waals surface area contributed by atoms with Crippen LogP contribution in [0.5, 0.6) is 5.75 Å². The number of ether oxygens (including phenoxy) is 2. The predicted molar refractivity (Wildman–Crippen MR) is 177 cm³/mol. The fourth-order valence-electron chi connectivity index (χ4n) is 7.89. The summed E-state index contributed by atoms with van der Waals surface area (Å²) < 4.78 is 41.8. The fourth-order valence-corrected chi connectivity index (χ4v) is 9.86. The molecule has 1 saturated carbocycles. The first-order valence-corrected chi connectivity index (χ1v) is 18.2. The number of nitrogens with one attached hydrogen (secondary N) is 1. The molecule has 10 heteroatoms. The first kappa shape index (κ1) is 32.4. The van der Waals surface area contributed by atoms with Gasteiger partial charge in [-0.1, -0.05) is 36.7 Å². The molecule has 6 rings (SSSR count). The number of anilines is 1. The molecular weight excluding hydrogens is 612 g/mol. The van der Waals surface area contributed by atoms with E-state index in [0.29, 0.717) is 31.9 Å². The number of aliphatic hydroxyl groups is 1. The van der Waals surface area contributed by atoms with E-state index in [4.69, 9.17) is 21.1 Å². The number of rotatable bonds is 3. The second-order valence-electron chi connectivity index (χ2n) is 13.7. The van der Waals surface area contributed by atoms with Crippen molar-refractivity contribution < 1.29 is 27.8 Å². The van der Waals surface area contributed by atoms with E-state index in [-0.39, 0.29) is 41.3 Å². The molecule has 1 fully saturated rings. The summed E-state index contributed by atoms with van der Waals surface area (Å²) in [4.78, 5) is 15.9. The molecule has 0 unspecified atom stereocenters. The minimum atomic E-state index is -4.06. The fraction of sp³-hybridized carbons (Fsp3) is 0.571. The van der Waals surface area contributed by atoms with Crippen molar-refractivity contribution in [2.45, 2.75) is 81.7 Å². The molecule has 2 aromatic rings. The number of nitrogens with zero attached hydrogens (tertiary/aromatic N) is 1. The molecule has 1 amide bonds. The molecule has 7 atom stereocenters. The van der Waals surface area contributed by atoms with Crippen molar-refractivity contribution in [2.24, 2.45) is 17.8 Å². The topological polar surface area (TPSA) is 105 Å². The number of benzene rings is 2. The number of methoxy groups -OCH3 is 1. The van der Waals surface area contributed by atoms with Crippen LogP contribution in [-0.4, -0.2) is 63.7 Å². The van der Waals surface area contributed by atoms with E-state index < -0.39 is 27.3 Å². The Morgan fingerprint density at radius 3 is 2.80 bits per heavy atom. The van der Waals surface area contributed by atoms with Gasteiger partial charge < -0.3 is 19.5 Å². The Bertz CT molecular complexity index is 1560. The predicted octanol–water partition coefficient (Wildman–Crippen LogP) is 5.65. The van der Waals surface area contributed by atoms with Crippen LogP contribution in [0.4, 0.5) is 5.69 Å². The number of allylic oxidation sites excluding steroid dienone is 1. The van der Waals surface area contributed by atoms with Crippen LogP contribution in [0, 0.1) is 17.8 Å². The lowest BCUT2D eigenvalue weighted by Crippen LogP contribution is -2.49. The quantitative estimate of drug-likeness (QED) is 0.412. The Hall–Kier alpha value is -2.59. The zero-order valence-corrected chi connectivity index (χ0v) is 27.9. The van der Waals surface area contributed by atoms with E-state index in [1.54, 1.807) is 25.3 Å². The van der Waals surface area contributed by atoms with Crippen LogP contribution in [0.25, 0.3) is 0 Å². The molecule has 4 aliphatic rings. The van der Waals surface area contributed by atoms with Crippen LogP contribution in [0.3, 0.4) is 0 Å². The van der Waals surface area contributed by atoms with Crippen molar-refractivity contribution in [3.63, 3.8) is 0 Å². The molecule has 244 valence electrons. The highest BCUT2D eigenvalue weighted by Gasteiger charge is 2.44. The Balaban J connectivity index is 1.41. The zero-order chi connectivity index (χ0) is 31.9. The normalized spacial score (nSPS) is 32.6. The van der Waals surface area contributed by atoms with Crippen LogP contribution in [0.15, 0.2) is 48.6 Å². The maximum Gasteiger partial charge on any atom is 0.264 e. The Morgan fingerprint density at radius 1 is 1.22 bits per heavy atom. The summed E-state index contributed by atoms with van der Waals surface area (Å²) in [5, 5.41) is 11.1. The molecule has 0 aromatic heterocycles. The van der Waals surface area contributed by atoms with E-state index in [9.17, 15) is 18.3 Å². The minimum absolute atomic E-state index is 0.102. The van der Waals surface area contributed by atoms with Crippen LogP contribution in [0.2, 0.25) is 5.02 Å². The molecule has 2 aliphatic carbocycles. The molecule has 2 heterocycles. The maximum absolute atomic E-state index is 13.7. The van der Waals surface area contributed by atoms with Crippen LogP contribution >= 0.6 is 11.6 Å². The van der Waals surface area contributed by atoms with E-state index in [0.717, 1.165) is 42.8 Å². The van der Waals surface area contributed by atoms with Gasteiger partial charge in [-0.05, 0) is 111 Å². The average Bonchev–Trinajstić information content (AvgIpc) is 3.13. The highest BCUT2D eigenvalue weighted by molar-refractivity contribution is 7.90. The van der Waals surface area contributed by atoms with E-state index in [1.165, 1.54) is 11.1 Å². The number of fused-ring (bicyclic) bond motifs is 4. The SMILES string of the molecule is CO[C@H](C)C[C@@H]1[C@@H](C)C/C=C\[C@H](O)[C@@H]2CC[C@H]2CN2C[C@@]3(CCCc4cc(Cl)ccc43)COc3ccc(cc32)C(=O)NS1(=O)=O. The van der Waals surface area contributed by atoms with Crippen molar-refractivity contribution in [3.05, 3.63) is 70.3 Å². The molecule has 1 spiro atoms. The van der Waals surface area contributed by atoms with Gasteiger partial charge in [-0.25, -0.2) is 13.1 Å². The van der Waals surface area contributed by atoms with E-state index in [1.807, 2.05) is 32.1 Å². The van der Waals surface area contributed by atoms with Crippen LogP contribution in [-0.2, 0) is 26.6 Å². The lowest BCUT2D eigenvalue weighted by Gasteiger charge is -2.45. The number of carbonyl (C=O) groups excluding carboxylic acids is 1. The molecular formula is C35H45ClN2O6S. The minimum Gasteiger partial charge on any atom is -0.490 e.